The van der Waals surface area contributed by atoms with Crippen LogP contribution in [0.15, 0.2) is 54.6 Å². The van der Waals surface area contributed by atoms with E-state index in [1.54, 1.807) is 14.1 Å². The molecule has 0 spiro atoms. The molecule has 0 saturated carbocycles. The zero-order chi connectivity index (χ0) is 20.7. The second kappa shape index (κ2) is 9.07. The molecule has 148 valence electrons. The van der Waals surface area contributed by atoms with E-state index in [4.69, 9.17) is 4.74 Å². The Bertz CT molecular complexity index is 858. The zero-order valence-electron chi connectivity index (χ0n) is 15.2. The largest absolute Gasteiger partial charge is 0.573 e. The third-order valence-electron chi connectivity index (χ3n) is 3.56. The van der Waals surface area contributed by atoms with E-state index in [2.05, 4.69) is 4.74 Å². The number of likely N-dealkylation sites (N-methyl/N-ethyl adjacent to an activating group) is 1. The lowest BCUT2D eigenvalue weighted by Crippen LogP contribution is -2.27. The first-order valence-electron chi connectivity index (χ1n) is 8.16. The summed E-state index contributed by atoms with van der Waals surface area (Å²) in [6.07, 6.45) is -2.41. The van der Waals surface area contributed by atoms with Crippen molar-refractivity contribution in [3.05, 3.63) is 65.7 Å². The van der Waals surface area contributed by atoms with E-state index in [1.165, 1.54) is 59.5 Å². The number of hydrogen-bond acceptors (Lipinski definition) is 4. The van der Waals surface area contributed by atoms with Gasteiger partial charge in [-0.3, -0.25) is 9.59 Å². The minimum Gasteiger partial charge on any atom is -0.484 e. The van der Waals surface area contributed by atoms with Crippen molar-refractivity contribution in [2.24, 2.45) is 0 Å². The predicted octanol–water partition coefficient (Wildman–Crippen LogP) is 3.95. The highest BCUT2D eigenvalue weighted by Crippen LogP contribution is 2.27. The maximum atomic E-state index is 12.4. The van der Waals surface area contributed by atoms with Gasteiger partial charge in [0, 0.05) is 25.2 Å². The zero-order valence-corrected chi connectivity index (χ0v) is 15.2. The first-order chi connectivity index (χ1) is 13.2. The van der Waals surface area contributed by atoms with E-state index < -0.39 is 17.9 Å². The molecule has 28 heavy (non-hydrogen) atoms. The lowest BCUT2D eigenvalue weighted by molar-refractivity contribution is -0.274. The van der Waals surface area contributed by atoms with Gasteiger partial charge in [0.25, 0.3) is 5.91 Å². The smallest absolute Gasteiger partial charge is 0.484 e. The van der Waals surface area contributed by atoms with Crippen molar-refractivity contribution in [1.82, 2.24) is 4.90 Å². The normalized spacial score (nSPS) is 11.3. The van der Waals surface area contributed by atoms with Crippen molar-refractivity contribution in [1.29, 1.82) is 0 Å². The summed E-state index contributed by atoms with van der Waals surface area (Å²) in [6, 6.07) is 11.6. The first-order valence-corrected chi connectivity index (χ1v) is 8.16. The Morgan fingerprint density at radius 1 is 1.04 bits per heavy atom. The monoisotopic (exact) mass is 393 g/mol. The number of nitrogens with zero attached hydrogens (tertiary/aromatic N) is 1. The van der Waals surface area contributed by atoms with E-state index in [9.17, 15) is 22.8 Å². The number of halogens is 3. The lowest BCUT2D eigenvalue weighted by atomic mass is 10.1. The molecule has 5 nitrogen and oxygen atoms in total. The van der Waals surface area contributed by atoms with E-state index >= 15 is 0 Å². The van der Waals surface area contributed by atoms with Crippen molar-refractivity contribution >= 4 is 17.8 Å². The average molecular weight is 393 g/mol. The fraction of sp³-hybridized carbons (Fsp3) is 0.200. The summed E-state index contributed by atoms with van der Waals surface area (Å²) < 4.78 is 46.5. The summed E-state index contributed by atoms with van der Waals surface area (Å²) in [7, 11) is 3.22. The number of hydrogen-bond donors (Lipinski definition) is 0. The van der Waals surface area contributed by atoms with Crippen LogP contribution >= 0.6 is 0 Å². The summed E-state index contributed by atoms with van der Waals surface area (Å²) in [5, 5.41) is 0. The highest BCUT2D eigenvalue weighted by molar-refractivity contribution is 6.07. The van der Waals surface area contributed by atoms with E-state index in [-0.39, 0.29) is 18.1 Å². The van der Waals surface area contributed by atoms with Crippen molar-refractivity contribution < 1.29 is 32.2 Å². The molecule has 0 atom stereocenters. The van der Waals surface area contributed by atoms with Gasteiger partial charge in [-0.15, -0.1) is 13.2 Å². The Hall–Kier alpha value is -3.29. The minimum absolute atomic E-state index is 0.121. The van der Waals surface area contributed by atoms with Gasteiger partial charge in [0.1, 0.15) is 11.5 Å². The van der Waals surface area contributed by atoms with Gasteiger partial charge in [0.15, 0.2) is 12.4 Å². The van der Waals surface area contributed by atoms with Crippen molar-refractivity contribution in [2.45, 2.75) is 6.36 Å². The van der Waals surface area contributed by atoms with Gasteiger partial charge in [0.2, 0.25) is 0 Å². The molecule has 0 saturated heterocycles. The highest BCUT2D eigenvalue weighted by atomic mass is 19.4. The molecule has 2 aromatic rings. The number of carbonyl (C=O) groups is 2. The third kappa shape index (κ3) is 6.46. The molecular weight excluding hydrogens is 375 g/mol. The van der Waals surface area contributed by atoms with E-state index in [1.807, 2.05) is 0 Å². The highest BCUT2D eigenvalue weighted by Gasteiger charge is 2.31. The number of ether oxygens (including phenoxy) is 2. The summed E-state index contributed by atoms with van der Waals surface area (Å²) in [6.45, 7) is -0.129. The van der Waals surface area contributed by atoms with E-state index in [0.717, 1.165) is 6.08 Å². The Balaban J connectivity index is 2.04. The van der Waals surface area contributed by atoms with Gasteiger partial charge in [-0.2, -0.15) is 0 Å². The van der Waals surface area contributed by atoms with Crippen molar-refractivity contribution in [3.8, 4) is 11.5 Å². The maximum absolute atomic E-state index is 12.4. The summed E-state index contributed by atoms with van der Waals surface area (Å²) in [5.74, 6) is -0.589. The molecule has 2 rings (SSSR count). The van der Waals surface area contributed by atoms with Crippen LogP contribution in [-0.2, 0) is 4.79 Å². The van der Waals surface area contributed by atoms with Crippen molar-refractivity contribution in [2.75, 3.05) is 20.7 Å². The number of ketones is 1. The standard InChI is InChI=1S/C20H18F3NO4/c1-24(2)19(26)13-27-16-10-7-14(8-11-16)17(25)12-9-15-5-3-4-6-18(15)28-20(21,22)23/h3-12H,13H2,1-2H3. The van der Waals surface area contributed by atoms with Crippen LogP contribution in [0.3, 0.4) is 0 Å². The summed E-state index contributed by atoms with van der Waals surface area (Å²) in [5.41, 5.74) is 0.437. The Kier molecular flexibility index (Phi) is 6.81. The van der Waals surface area contributed by atoms with Gasteiger partial charge < -0.3 is 14.4 Å². The molecule has 8 heteroatoms. The van der Waals surface area contributed by atoms with Crippen molar-refractivity contribution in [3.63, 3.8) is 0 Å². The molecule has 0 aliphatic heterocycles. The molecule has 0 N–H and O–H groups in total. The van der Waals surface area contributed by atoms with Gasteiger partial charge in [0.05, 0.1) is 0 Å². The third-order valence-corrected chi connectivity index (χ3v) is 3.56. The van der Waals surface area contributed by atoms with Gasteiger partial charge in [-0.1, -0.05) is 18.2 Å². The van der Waals surface area contributed by atoms with Gasteiger partial charge >= 0.3 is 6.36 Å². The number of allylic oxidation sites excluding steroid dienone is 1. The number of carbonyl (C=O) groups excluding carboxylic acids is 2. The molecule has 0 aliphatic carbocycles. The molecule has 2 aromatic carbocycles. The lowest BCUT2D eigenvalue weighted by Gasteiger charge is -2.11. The second-order valence-electron chi connectivity index (χ2n) is 5.88. The Labute approximate surface area is 160 Å². The van der Waals surface area contributed by atoms with Crippen LogP contribution in [0, 0.1) is 0 Å². The van der Waals surface area contributed by atoms with Crippen LogP contribution in [0.4, 0.5) is 13.2 Å². The SMILES string of the molecule is CN(C)C(=O)COc1ccc(C(=O)C=Cc2ccccc2OC(F)(F)F)cc1. The average Bonchev–Trinajstić information content (AvgIpc) is 2.64. The van der Waals surface area contributed by atoms with E-state index in [0.29, 0.717) is 11.3 Å². The molecular formula is C20H18F3NO4. The molecule has 0 unspecified atom stereocenters. The maximum Gasteiger partial charge on any atom is 0.573 e. The molecule has 0 heterocycles. The second-order valence-corrected chi connectivity index (χ2v) is 5.88. The fourth-order valence-electron chi connectivity index (χ4n) is 2.09. The number of amides is 1. The Morgan fingerprint density at radius 3 is 2.29 bits per heavy atom. The van der Waals surface area contributed by atoms with Crippen LogP contribution in [0.5, 0.6) is 11.5 Å². The molecule has 0 fully saturated rings. The molecule has 0 aromatic heterocycles. The van der Waals surface area contributed by atoms with Gasteiger partial charge in [-0.25, -0.2) is 0 Å². The number of alkyl halides is 3. The Morgan fingerprint density at radius 2 is 1.68 bits per heavy atom. The van der Waals surface area contributed by atoms with Crippen LogP contribution in [0.1, 0.15) is 15.9 Å². The van der Waals surface area contributed by atoms with Crippen LogP contribution in [-0.4, -0.2) is 43.7 Å². The van der Waals surface area contributed by atoms with Crippen LogP contribution in [0.2, 0.25) is 0 Å². The minimum atomic E-state index is -4.82. The number of benzene rings is 2. The first kappa shape index (κ1) is 21.0. The molecule has 0 radical (unpaired) electrons. The number of para-hydroxylation sites is 1. The quantitative estimate of drug-likeness (QED) is 0.528. The van der Waals surface area contributed by atoms with Crippen LogP contribution < -0.4 is 9.47 Å². The van der Waals surface area contributed by atoms with Gasteiger partial charge in [-0.05, 0) is 42.5 Å². The number of rotatable bonds is 7. The summed E-state index contributed by atoms with van der Waals surface area (Å²) in [4.78, 5) is 25.1. The molecule has 1 amide bonds. The van der Waals surface area contributed by atoms with Crippen LogP contribution in [0.25, 0.3) is 6.08 Å². The fourth-order valence-corrected chi connectivity index (χ4v) is 2.09. The topological polar surface area (TPSA) is 55.8 Å². The molecule has 0 bridgehead atoms. The summed E-state index contributed by atoms with van der Waals surface area (Å²) >= 11 is 0. The molecule has 0 aliphatic rings. The predicted molar refractivity (Wildman–Crippen MR) is 97.1 cm³/mol.